The van der Waals surface area contributed by atoms with E-state index in [1.807, 2.05) is 0 Å². The van der Waals surface area contributed by atoms with Gasteiger partial charge in [0.15, 0.2) is 0 Å². The van der Waals surface area contributed by atoms with Gasteiger partial charge in [0.1, 0.15) is 0 Å². The molecule has 1 aromatic rings. The van der Waals surface area contributed by atoms with E-state index >= 15 is 0 Å². The van der Waals surface area contributed by atoms with E-state index in [4.69, 9.17) is 16.3 Å². The van der Waals surface area contributed by atoms with Gasteiger partial charge in [-0.05, 0) is 29.8 Å². The molecular formula is C10H9ClO3S. The second-order valence-corrected chi connectivity index (χ2v) is 5.64. The second kappa shape index (κ2) is 3.63. The van der Waals surface area contributed by atoms with Crippen LogP contribution in [0, 0.1) is 0 Å². The Balaban J connectivity index is 2.58. The molecule has 80 valence electrons. The molecule has 0 bridgehead atoms. The van der Waals surface area contributed by atoms with Crippen molar-refractivity contribution >= 4 is 27.5 Å². The van der Waals surface area contributed by atoms with E-state index in [2.05, 4.69) is 0 Å². The van der Waals surface area contributed by atoms with E-state index < -0.39 is 9.84 Å². The predicted octanol–water partition coefficient (Wildman–Crippen LogP) is 2.11. The van der Waals surface area contributed by atoms with Crippen LogP contribution in [0.4, 0.5) is 0 Å². The lowest BCUT2D eigenvalue weighted by Gasteiger charge is -2.01. The average Bonchev–Trinajstić information content (AvgIpc) is 2.39. The van der Waals surface area contributed by atoms with E-state index in [-0.39, 0.29) is 11.5 Å². The van der Waals surface area contributed by atoms with Crippen molar-refractivity contribution in [1.29, 1.82) is 0 Å². The third-order valence-electron chi connectivity index (χ3n) is 2.21. The zero-order valence-corrected chi connectivity index (χ0v) is 9.60. The summed E-state index contributed by atoms with van der Waals surface area (Å²) in [5, 5.41) is 0.527. The van der Waals surface area contributed by atoms with Gasteiger partial charge in [-0.2, -0.15) is 0 Å². The van der Waals surface area contributed by atoms with Crippen LogP contribution in [0.15, 0.2) is 28.0 Å². The lowest BCUT2D eigenvalue weighted by atomic mass is 10.2. The molecule has 1 aromatic carbocycles. The van der Waals surface area contributed by atoms with Gasteiger partial charge < -0.3 is 4.74 Å². The summed E-state index contributed by atoms with van der Waals surface area (Å²) in [5.41, 5.74) is 0.634. The standard InChI is InChI=1S/C10H9ClO3S/c1-14-6-9-5-7-4-8(11)2-3-10(7)15(9,12)13/h2-5H,6H2,1H3. The van der Waals surface area contributed by atoms with Crippen molar-refractivity contribution in [2.45, 2.75) is 4.90 Å². The number of methoxy groups -OCH3 is 1. The molecule has 3 nitrogen and oxygen atoms in total. The van der Waals surface area contributed by atoms with Crippen molar-refractivity contribution in [2.75, 3.05) is 13.7 Å². The van der Waals surface area contributed by atoms with Gasteiger partial charge in [-0.3, -0.25) is 0 Å². The lowest BCUT2D eigenvalue weighted by molar-refractivity contribution is 0.231. The van der Waals surface area contributed by atoms with Gasteiger partial charge in [-0.1, -0.05) is 11.6 Å². The number of fused-ring (bicyclic) bond motifs is 1. The summed E-state index contributed by atoms with van der Waals surface area (Å²) in [7, 11) is -1.88. The van der Waals surface area contributed by atoms with Crippen molar-refractivity contribution < 1.29 is 13.2 Å². The molecule has 0 amide bonds. The molecule has 0 atom stereocenters. The summed E-state index contributed by atoms with van der Waals surface area (Å²) < 4.78 is 28.6. The van der Waals surface area contributed by atoms with E-state index in [0.717, 1.165) is 0 Å². The summed E-state index contributed by atoms with van der Waals surface area (Å²) >= 11 is 5.79. The first-order valence-electron chi connectivity index (χ1n) is 4.30. The Kier molecular flexibility index (Phi) is 2.58. The topological polar surface area (TPSA) is 43.4 Å². The van der Waals surface area contributed by atoms with Crippen LogP contribution in [-0.4, -0.2) is 22.1 Å². The number of ether oxygens (including phenoxy) is 1. The largest absolute Gasteiger partial charge is 0.379 e. The summed E-state index contributed by atoms with van der Waals surface area (Å²) in [5.74, 6) is 0. The Morgan fingerprint density at radius 2 is 2.13 bits per heavy atom. The summed E-state index contributed by atoms with van der Waals surface area (Å²) in [6, 6.07) is 4.73. The molecule has 0 N–H and O–H groups in total. The van der Waals surface area contributed by atoms with Crippen LogP contribution in [0.2, 0.25) is 5.02 Å². The molecule has 2 rings (SSSR count). The maximum absolute atomic E-state index is 11.9. The molecule has 0 saturated carbocycles. The first-order chi connectivity index (χ1) is 7.05. The quantitative estimate of drug-likeness (QED) is 0.800. The van der Waals surface area contributed by atoms with Crippen molar-refractivity contribution in [3.8, 4) is 0 Å². The third kappa shape index (κ3) is 1.69. The Bertz CT molecular complexity index is 532. The molecule has 1 aliphatic heterocycles. The number of benzene rings is 1. The fourth-order valence-corrected chi connectivity index (χ4v) is 3.22. The van der Waals surface area contributed by atoms with Crippen LogP contribution >= 0.6 is 11.6 Å². The Hall–Kier alpha value is -0.840. The molecule has 0 saturated heterocycles. The van der Waals surface area contributed by atoms with Crippen LogP contribution in [0.1, 0.15) is 5.56 Å². The van der Waals surface area contributed by atoms with Gasteiger partial charge >= 0.3 is 0 Å². The molecule has 0 aliphatic carbocycles. The first-order valence-corrected chi connectivity index (χ1v) is 6.16. The molecule has 0 unspecified atom stereocenters. The Labute approximate surface area is 93.2 Å². The van der Waals surface area contributed by atoms with Crippen LogP contribution in [0.25, 0.3) is 6.08 Å². The van der Waals surface area contributed by atoms with Crippen molar-refractivity contribution in [3.05, 3.63) is 33.7 Å². The van der Waals surface area contributed by atoms with E-state index in [0.29, 0.717) is 15.5 Å². The van der Waals surface area contributed by atoms with Crippen LogP contribution in [0.3, 0.4) is 0 Å². The fourth-order valence-electron chi connectivity index (χ4n) is 1.53. The van der Waals surface area contributed by atoms with Gasteiger partial charge in [-0.15, -0.1) is 0 Å². The number of hydrogen-bond acceptors (Lipinski definition) is 3. The van der Waals surface area contributed by atoms with Gasteiger partial charge in [0, 0.05) is 12.1 Å². The highest BCUT2D eigenvalue weighted by Gasteiger charge is 2.29. The van der Waals surface area contributed by atoms with E-state index in [9.17, 15) is 8.42 Å². The SMILES string of the molecule is COCC1=Cc2cc(Cl)ccc2S1(=O)=O. The fraction of sp³-hybridized carbons (Fsp3) is 0.200. The minimum absolute atomic E-state index is 0.0919. The number of hydrogen-bond donors (Lipinski definition) is 0. The summed E-state index contributed by atoms with van der Waals surface area (Å²) in [6.45, 7) is 0.0919. The maximum Gasteiger partial charge on any atom is 0.205 e. The highest BCUT2D eigenvalue weighted by atomic mass is 35.5. The zero-order chi connectivity index (χ0) is 11.1. The highest BCUT2D eigenvalue weighted by molar-refractivity contribution is 7.95. The smallest absolute Gasteiger partial charge is 0.205 e. The van der Waals surface area contributed by atoms with Crippen molar-refractivity contribution in [3.63, 3.8) is 0 Å². The molecule has 1 aliphatic rings. The van der Waals surface area contributed by atoms with Crippen molar-refractivity contribution in [2.24, 2.45) is 0 Å². The predicted molar refractivity (Wildman–Crippen MR) is 58.5 cm³/mol. The van der Waals surface area contributed by atoms with E-state index in [1.165, 1.54) is 13.2 Å². The number of halogens is 1. The molecule has 0 aromatic heterocycles. The van der Waals surface area contributed by atoms with Crippen LogP contribution in [0.5, 0.6) is 0 Å². The van der Waals surface area contributed by atoms with Gasteiger partial charge in [0.2, 0.25) is 9.84 Å². The minimum atomic E-state index is -3.35. The molecule has 0 radical (unpaired) electrons. The highest BCUT2D eigenvalue weighted by Crippen LogP contribution is 2.34. The second-order valence-electron chi connectivity index (χ2n) is 3.23. The first kappa shape index (κ1) is 10.7. The van der Waals surface area contributed by atoms with Crippen molar-refractivity contribution in [1.82, 2.24) is 0 Å². The summed E-state index contributed by atoms with van der Waals surface area (Å²) in [6.07, 6.45) is 1.60. The number of sulfone groups is 1. The molecule has 0 fully saturated rings. The molecule has 1 heterocycles. The monoisotopic (exact) mass is 244 g/mol. The van der Waals surface area contributed by atoms with Crippen LogP contribution < -0.4 is 0 Å². The van der Waals surface area contributed by atoms with Gasteiger partial charge in [0.05, 0.1) is 16.4 Å². The number of rotatable bonds is 2. The molecule has 5 heteroatoms. The van der Waals surface area contributed by atoms with Gasteiger partial charge in [-0.25, -0.2) is 8.42 Å². The zero-order valence-electron chi connectivity index (χ0n) is 8.03. The third-order valence-corrected chi connectivity index (χ3v) is 4.32. The van der Waals surface area contributed by atoms with Crippen LogP contribution in [-0.2, 0) is 14.6 Å². The minimum Gasteiger partial charge on any atom is -0.379 e. The molecule has 15 heavy (non-hydrogen) atoms. The molecule has 0 spiro atoms. The normalized spacial score (nSPS) is 17.3. The Morgan fingerprint density at radius 3 is 2.80 bits per heavy atom. The lowest BCUT2D eigenvalue weighted by Crippen LogP contribution is -2.05. The Morgan fingerprint density at radius 1 is 1.40 bits per heavy atom. The molecular weight excluding hydrogens is 236 g/mol. The summed E-state index contributed by atoms with van der Waals surface area (Å²) in [4.78, 5) is 0.584. The van der Waals surface area contributed by atoms with Gasteiger partial charge in [0.25, 0.3) is 0 Å². The van der Waals surface area contributed by atoms with E-state index in [1.54, 1.807) is 18.2 Å². The maximum atomic E-state index is 11.9. The average molecular weight is 245 g/mol.